The number of carboxylic acid groups (broad SMARTS) is 1. The van der Waals surface area contributed by atoms with Crippen LogP contribution in [-0.4, -0.2) is 45.4 Å². The molecule has 0 spiro atoms. The van der Waals surface area contributed by atoms with Crippen molar-refractivity contribution in [1.82, 2.24) is 0 Å². The van der Waals surface area contributed by atoms with Crippen molar-refractivity contribution >= 4 is 30.4 Å². The van der Waals surface area contributed by atoms with Crippen molar-refractivity contribution in [2.45, 2.75) is 17.5 Å². The molecule has 13 heavy (non-hydrogen) atoms. The molecule has 3 atom stereocenters. The van der Waals surface area contributed by atoms with Crippen LogP contribution in [0.5, 0.6) is 0 Å². The molecule has 0 aromatic rings. The first kappa shape index (κ1) is 10.0. The van der Waals surface area contributed by atoms with Gasteiger partial charge in [-0.2, -0.15) is 12.6 Å². The molecule has 1 fully saturated rings. The summed E-state index contributed by atoms with van der Waals surface area (Å²) < 4.78 is 4.31. The quantitative estimate of drug-likeness (QED) is 0.280. The van der Waals surface area contributed by atoms with Crippen LogP contribution < -0.4 is 0 Å². The standard InChI is InChI=1S/C6H6O6S/c7-1-3(2(8)5(9)10)12-6(11)4(1)13/h2-4,8,13H,(H,9,10). The molecule has 0 amide bonds. The summed E-state index contributed by atoms with van der Waals surface area (Å²) in [6, 6.07) is 0. The molecule has 1 saturated heterocycles. The van der Waals surface area contributed by atoms with Crippen LogP contribution in [0, 0.1) is 0 Å². The van der Waals surface area contributed by atoms with Crippen molar-refractivity contribution in [2.75, 3.05) is 0 Å². The van der Waals surface area contributed by atoms with Crippen LogP contribution in [-0.2, 0) is 19.1 Å². The van der Waals surface area contributed by atoms with Gasteiger partial charge in [0.25, 0.3) is 0 Å². The molecular formula is C6H6O6S. The maximum atomic E-state index is 11.0. The number of rotatable bonds is 2. The Balaban J connectivity index is 2.80. The molecule has 1 heterocycles. The van der Waals surface area contributed by atoms with E-state index in [9.17, 15) is 14.4 Å². The van der Waals surface area contributed by atoms with Gasteiger partial charge in [-0.1, -0.05) is 0 Å². The summed E-state index contributed by atoms with van der Waals surface area (Å²) in [4.78, 5) is 31.9. The van der Waals surface area contributed by atoms with Gasteiger partial charge in [0.2, 0.25) is 5.78 Å². The van der Waals surface area contributed by atoms with Crippen molar-refractivity contribution in [3.63, 3.8) is 0 Å². The smallest absolute Gasteiger partial charge is 0.336 e. The average Bonchev–Trinajstić information content (AvgIpc) is 2.31. The van der Waals surface area contributed by atoms with E-state index in [1.807, 2.05) is 0 Å². The minimum absolute atomic E-state index is 0.830. The lowest BCUT2D eigenvalue weighted by Crippen LogP contribution is -2.39. The van der Waals surface area contributed by atoms with Crippen LogP contribution in [0.3, 0.4) is 0 Å². The van der Waals surface area contributed by atoms with Crippen LogP contribution in [0.1, 0.15) is 0 Å². The second-order valence-corrected chi connectivity index (χ2v) is 2.96. The molecular weight excluding hydrogens is 200 g/mol. The fraction of sp³-hybridized carbons (Fsp3) is 0.500. The van der Waals surface area contributed by atoms with E-state index < -0.39 is 35.2 Å². The number of carbonyl (C=O) groups excluding carboxylic acids is 2. The van der Waals surface area contributed by atoms with E-state index in [0.29, 0.717) is 0 Å². The fourth-order valence-corrected chi connectivity index (χ4v) is 1.08. The molecule has 1 aliphatic heterocycles. The van der Waals surface area contributed by atoms with Crippen molar-refractivity contribution in [3.8, 4) is 0 Å². The summed E-state index contributed by atoms with van der Waals surface area (Å²) in [6.07, 6.45) is -3.65. The van der Waals surface area contributed by atoms with Crippen molar-refractivity contribution in [1.29, 1.82) is 0 Å². The van der Waals surface area contributed by atoms with Gasteiger partial charge < -0.3 is 14.9 Å². The zero-order valence-electron chi connectivity index (χ0n) is 6.21. The van der Waals surface area contributed by atoms with Crippen LogP contribution in [0.2, 0.25) is 0 Å². The van der Waals surface area contributed by atoms with Gasteiger partial charge in [-0.3, -0.25) is 9.59 Å². The van der Waals surface area contributed by atoms with E-state index in [1.165, 1.54) is 0 Å². The Hall–Kier alpha value is -1.08. The summed E-state index contributed by atoms with van der Waals surface area (Å²) >= 11 is 3.58. The summed E-state index contributed by atoms with van der Waals surface area (Å²) in [5.74, 6) is -3.38. The van der Waals surface area contributed by atoms with Gasteiger partial charge in [0.1, 0.15) is 0 Å². The molecule has 0 aromatic heterocycles. The van der Waals surface area contributed by atoms with Gasteiger partial charge in [-0.05, 0) is 0 Å². The van der Waals surface area contributed by atoms with E-state index in [-0.39, 0.29) is 0 Å². The summed E-state index contributed by atoms with van der Waals surface area (Å²) in [5, 5.41) is 15.9. The number of Topliss-reactive ketones (excluding diaryl/α,β-unsaturated/α-hetero) is 1. The third kappa shape index (κ3) is 1.65. The number of ether oxygens (including phenoxy) is 1. The minimum Gasteiger partial charge on any atom is -0.479 e. The Morgan fingerprint density at radius 1 is 1.54 bits per heavy atom. The third-order valence-corrected chi connectivity index (χ3v) is 2.02. The Kier molecular flexibility index (Phi) is 2.58. The first-order chi connectivity index (χ1) is 5.95. The number of carbonyl (C=O) groups is 3. The number of ketones is 1. The van der Waals surface area contributed by atoms with Gasteiger partial charge in [0.05, 0.1) is 0 Å². The van der Waals surface area contributed by atoms with Crippen molar-refractivity contribution in [2.24, 2.45) is 0 Å². The van der Waals surface area contributed by atoms with Gasteiger partial charge >= 0.3 is 11.9 Å². The highest BCUT2D eigenvalue weighted by molar-refractivity contribution is 7.82. The summed E-state index contributed by atoms with van der Waals surface area (Å²) in [6.45, 7) is 0. The molecule has 0 aliphatic carbocycles. The Bertz CT molecular complexity index is 274. The SMILES string of the molecule is O=C1OC(C(O)C(=O)O)C(=O)C1S. The average molecular weight is 206 g/mol. The van der Waals surface area contributed by atoms with Gasteiger partial charge in [-0.15, -0.1) is 0 Å². The van der Waals surface area contributed by atoms with Gasteiger partial charge in [0, 0.05) is 0 Å². The summed E-state index contributed by atoms with van der Waals surface area (Å²) in [7, 11) is 0. The number of aliphatic carboxylic acids is 1. The molecule has 1 rings (SSSR count). The lowest BCUT2D eigenvalue weighted by molar-refractivity contribution is -0.161. The summed E-state index contributed by atoms with van der Waals surface area (Å²) in [5.41, 5.74) is 0. The maximum absolute atomic E-state index is 11.0. The van der Waals surface area contributed by atoms with Gasteiger partial charge in [-0.25, -0.2) is 4.79 Å². The lowest BCUT2D eigenvalue weighted by atomic mass is 10.1. The molecule has 0 aromatic carbocycles. The molecule has 72 valence electrons. The Morgan fingerprint density at radius 3 is 2.38 bits per heavy atom. The number of carboxylic acids is 1. The molecule has 0 saturated carbocycles. The molecule has 1 aliphatic rings. The highest BCUT2D eigenvalue weighted by Crippen LogP contribution is 2.18. The number of aliphatic hydroxyl groups excluding tert-OH is 1. The zero-order valence-corrected chi connectivity index (χ0v) is 7.10. The van der Waals surface area contributed by atoms with E-state index in [4.69, 9.17) is 10.2 Å². The number of hydrogen-bond donors (Lipinski definition) is 3. The van der Waals surface area contributed by atoms with Crippen molar-refractivity contribution < 1.29 is 29.3 Å². The first-order valence-corrected chi connectivity index (χ1v) is 3.80. The van der Waals surface area contributed by atoms with Crippen LogP contribution in [0.25, 0.3) is 0 Å². The highest BCUT2D eigenvalue weighted by atomic mass is 32.1. The monoisotopic (exact) mass is 206 g/mol. The van der Waals surface area contributed by atoms with Crippen molar-refractivity contribution in [3.05, 3.63) is 0 Å². The zero-order chi connectivity index (χ0) is 10.2. The Labute approximate surface area is 77.9 Å². The van der Waals surface area contributed by atoms with Gasteiger partial charge in [0.15, 0.2) is 17.5 Å². The molecule has 6 nitrogen and oxygen atoms in total. The number of thiol groups is 1. The Morgan fingerprint density at radius 2 is 2.08 bits per heavy atom. The number of cyclic esters (lactones) is 1. The first-order valence-electron chi connectivity index (χ1n) is 3.28. The molecule has 0 radical (unpaired) electrons. The van der Waals surface area contributed by atoms with Crippen LogP contribution in [0.4, 0.5) is 0 Å². The third-order valence-electron chi connectivity index (χ3n) is 1.56. The predicted octanol–water partition coefficient (Wildman–Crippen LogP) is -1.78. The second-order valence-electron chi connectivity index (χ2n) is 2.45. The molecule has 0 bridgehead atoms. The van der Waals surface area contributed by atoms with E-state index in [0.717, 1.165) is 0 Å². The number of aliphatic hydroxyl groups is 1. The maximum Gasteiger partial charge on any atom is 0.336 e. The molecule has 7 heteroatoms. The van der Waals surface area contributed by atoms with E-state index in [1.54, 1.807) is 0 Å². The van der Waals surface area contributed by atoms with Crippen LogP contribution in [0.15, 0.2) is 0 Å². The normalized spacial score (nSPS) is 30.0. The lowest BCUT2D eigenvalue weighted by Gasteiger charge is -2.10. The predicted molar refractivity (Wildman–Crippen MR) is 41.3 cm³/mol. The topological polar surface area (TPSA) is 101 Å². The van der Waals surface area contributed by atoms with E-state index >= 15 is 0 Å². The van der Waals surface area contributed by atoms with E-state index in [2.05, 4.69) is 17.4 Å². The minimum atomic E-state index is -2.02. The fourth-order valence-electron chi connectivity index (χ4n) is 0.869. The highest BCUT2D eigenvalue weighted by Gasteiger charge is 2.47. The molecule has 3 unspecified atom stereocenters. The largest absolute Gasteiger partial charge is 0.479 e. The number of esters is 1. The molecule has 2 N–H and O–H groups in total. The number of hydrogen-bond acceptors (Lipinski definition) is 6. The van der Waals surface area contributed by atoms with Crippen LogP contribution >= 0.6 is 12.6 Å². The second kappa shape index (κ2) is 3.35.